The molecule has 0 amide bonds. The number of nitrogens with zero attached hydrogens (tertiary/aromatic N) is 3. The second kappa shape index (κ2) is 17.4. The van der Waals surface area contributed by atoms with Crippen molar-refractivity contribution in [3.8, 4) is 50.2 Å². The zero-order valence-electron chi connectivity index (χ0n) is 39.5. The van der Waals surface area contributed by atoms with Crippen LogP contribution in [0.5, 0.6) is 0 Å². The van der Waals surface area contributed by atoms with Crippen molar-refractivity contribution in [2.24, 2.45) is 0 Å². The fourth-order valence-corrected chi connectivity index (χ4v) is 11.6. The molecule has 0 N–H and O–H groups in total. The molecule has 0 aliphatic carbocycles. The van der Waals surface area contributed by atoms with Gasteiger partial charge in [0.1, 0.15) is 0 Å². The fourth-order valence-electron chi connectivity index (χ4n) is 11.6. The topological polar surface area (TPSA) is 11.4 Å². The van der Waals surface area contributed by atoms with E-state index >= 15 is 0 Å². The molecule has 11 aromatic rings. The van der Waals surface area contributed by atoms with Crippen molar-refractivity contribution in [3.63, 3.8) is 0 Å². The van der Waals surface area contributed by atoms with E-state index in [1.807, 2.05) is 6.08 Å². The number of fused-ring (bicyclic) bond motifs is 5. The Kier molecular flexibility index (Phi) is 10.3. The summed E-state index contributed by atoms with van der Waals surface area (Å²) >= 11 is 0. The van der Waals surface area contributed by atoms with Crippen molar-refractivity contribution in [1.82, 2.24) is 4.57 Å². The van der Waals surface area contributed by atoms with Gasteiger partial charge in [-0.3, -0.25) is 0 Å². The van der Waals surface area contributed by atoms with Crippen molar-refractivity contribution < 1.29 is 0 Å². The number of allylic oxidation sites excluding steroid dienone is 1. The average Bonchev–Trinajstić information content (AvgIpc) is 3.76. The summed E-state index contributed by atoms with van der Waals surface area (Å²) in [7, 11) is 0. The highest BCUT2D eigenvalue weighted by Crippen LogP contribution is 2.53. The molecule has 71 heavy (non-hydrogen) atoms. The monoisotopic (exact) mass is 905 g/mol. The number of benzene rings is 10. The van der Waals surface area contributed by atoms with Gasteiger partial charge >= 0.3 is 0 Å². The Labute approximate surface area is 416 Å². The van der Waals surface area contributed by atoms with Gasteiger partial charge in [-0.1, -0.05) is 231 Å². The molecule has 0 saturated heterocycles. The first-order valence-corrected chi connectivity index (χ1v) is 24.5. The first kappa shape index (κ1) is 42.0. The highest BCUT2D eigenvalue weighted by atomic mass is 15.2. The van der Waals surface area contributed by atoms with Crippen LogP contribution in [0.2, 0.25) is 0 Å². The molecule has 0 bridgehead atoms. The highest BCUT2D eigenvalue weighted by Gasteiger charge is 2.45. The van der Waals surface area contributed by atoms with E-state index < -0.39 is 0 Å². The maximum absolute atomic E-state index is 4.40. The molecule has 3 nitrogen and oxygen atoms in total. The van der Waals surface area contributed by atoms with Gasteiger partial charge in [-0.15, -0.1) is 0 Å². The molecule has 2 aliphatic rings. The molecule has 0 fully saturated rings. The molecule has 0 atom stereocenters. The zero-order chi connectivity index (χ0) is 47.4. The predicted molar refractivity (Wildman–Crippen MR) is 304 cm³/mol. The van der Waals surface area contributed by atoms with Crippen molar-refractivity contribution >= 4 is 80.3 Å². The van der Waals surface area contributed by atoms with E-state index in [1.54, 1.807) is 0 Å². The van der Waals surface area contributed by atoms with Gasteiger partial charge in [-0.05, 0) is 82.0 Å². The molecular weight excluding hydrogens is 858 g/mol. The Morgan fingerprint density at radius 2 is 0.803 bits per heavy atom. The lowest BCUT2D eigenvalue weighted by Crippen LogP contribution is -2.61. The summed E-state index contributed by atoms with van der Waals surface area (Å²) in [5.74, 6) is 0. The summed E-state index contributed by atoms with van der Waals surface area (Å²) in [6, 6.07) is 89.1. The van der Waals surface area contributed by atoms with Crippen LogP contribution in [0.4, 0.5) is 34.1 Å². The molecule has 3 heterocycles. The Morgan fingerprint density at radius 3 is 1.23 bits per heavy atom. The zero-order valence-corrected chi connectivity index (χ0v) is 39.5. The Bertz CT molecular complexity index is 3540. The normalized spacial score (nSPS) is 12.5. The third kappa shape index (κ3) is 6.75. The van der Waals surface area contributed by atoms with Crippen LogP contribution in [0.3, 0.4) is 0 Å². The second-order valence-corrected chi connectivity index (χ2v) is 18.3. The number of hydrogen-bond donors (Lipinski definition) is 0. The summed E-state index contributed by atoms with van der Waals surface area (Å²) < 4.78 is 2.46. The van der Waals surface area contributed by atoms with Crippen molar-refractivity contribution in [3.05, 3.63) is 267 Å². The molecule has 10 aromatic carbocycles. The van der Waals surface area contributed by atoms with Crippen LogP contribution in [-0.2, 0) is 0 Å². The summed E-state index contributed by atoms with van der Waals surface area (Å²) in [5.41, 5.74) is 24.2. The summed E-state index contributed by atoms with van der Waals surface area (Å²) in [6.07, 6.45) is 6.40. The summed E-state index contributed by atoms with van der Waals surface area (Å²) in [6.45, 7) is 6.42. The summed E-state index contributed by atoms with van der Waals surface area (Å²) in [5, 5.41) is 1.16. The third-order valence-electron chi connectivity index (χ3n) is 14.5. The van der Waals surface area contributed by atoms with Gasteiger partial charge in [0.25, 0.3) is 6.71 Å². The minimum atomic E-state index is -0.0813. The fraction of sp³-hybridized carbons (Fsp3) is 0.0149. The standard InChI is InChI=1S/C67H48BN3/c1-3-25-59-51(4-2)56-34-17-20-41-60(56)69(59)50-44-63-65-64(45-50)71(67-54(48-30-13-7-14-31-48)37-24-38-55(67)49-32-15-8-16-33-49)62-43-22-19-40-58(62)68(65)57-39-18-21-42-61(57)70(63)66-52(46-26-9-5-10-27-46)35-23-36-53(66)47-28-11-6-12-29-47/h3-45H,2H2,1H3/b25-3-. The van der Waals surface area contributed by atoms with Gasteiger partial charge < -0.3 is 14.4 Å². The van der Waals surface area contributed by atoms with Crippen LogP contribution < -0.4 is 26.2 Å². The van der Waals surface area contributed by atoms with Gasteiger partial charge in [-0.2, -0.15) is 0 Å². The van der Waals surface area contributed by atoms with E-state index in [9.17, 15) is 0 Å². The number of para-hydroxylation sites is 5. The van der Waals surface area contributed by atoms with Crippen molar-refractivity contribution in [1.29, 1.82) is 0 Å². The largest absolute Gasteiger partial charge is 0.310 e. The molecule has 2 aliphatic heterocycles. The summed E-state index contributed by atoms with van der Waals surface area (Å²) in [4.78, 5) is 5.20. The van der Waals surface area contributed by atoms with E-state index in [0.717, 1.165) is 106 Å². The highest BCUT2D eigenvalue weighted by molar-refractivity contribution is 7.00. The maximum Gasteiger partial charge on any atom is 0.252 e. The van der Waals surface area contributed by atoms with E-state index in [0.29, 0.717) is 0 Å². The number of rotatable bonds is 9. The predicted octanol–water partition coefficient (Wildman–Crippen LogP) is 16.1. The second-order valence-electron chi connectivity index (χ2n) is 18.3. The van der Waals surface area contributed by atoms with E-state index in [1.165, 1.54) is 16.4 Å². The minimum Gasteiger partial charge on any atom is -0.310 e. The molecule has 0 spiro atoms. The number of hydrogen-bond acceptors (Lipinski definition) is 2. The maximum atomic E-state index is 4.40. The third-order valence-corrected chi connectivity index (χ3v) is 14.5. The van der Waals surface area contributed by atoms with Gasteiger partial charge in [0.2, 0.25) is 0 Å². The molecule has 0 radical (unpaired) electrons. The van der Waals surface area contributed by atoms with Gasteiger partial charge in [-0.25, -0.2) is 0 Å². The number of aromatic nitrogens is 1. The molecule has 13 rings (SSSR count). The van der Waals surface area contributed by atoms with Crippen LogP contribution in [0.25, 0.3) is 73.2 Å². The lowest BCUT2D eigenvalue weighted by molar-refractivity contribution is 1.10. The van der Waals surface area contributed by atoms with Crippen molar-refractivity contribution in [2.75, 3.05) is 9.80 Å². The van der Waals surface area contributed by atoms with Gasteiger partial charge in [0.05, 0.1) is 28.3 Å². The van der Waals surface area contributed by atoms with Crippen molar-refractivity contribution in [2.45, 2.75) is 6.92 Å². The minimum absolute atomic E-state index is 0.0813. The molecular formula is C67H48BN3. The Morgan fingerprint density at radius 1 is 0.408 bits per heavy atom. The smallest absolute Gasteiger partial charge is 0.252 e. The quantitative estimate of drug-likeness (QED) is 0.134. The van der Waals surface area contributed by atoms with Gasteiger partial charge in [0.15, 0.2) is 0 Å². The lowest BCUT2D eigenvalue weighted by Gasteiger charge is -2.45. The molecule has 4 heteroatoms. The first-order valence-electron chi connectivity index (χ1n) is 24.5. The molecule has 1 aromatic heterocycles. The Balaban J connectivity index is 1.23. The van der Waals surface area contributed by atoms with Crippen LogP contribution in [0.1, 0.15) is 18.2 Å². The van der Waals surface area contributed by atoms with Crippen LogP contribution >= 0.6 is 0 Å². The number of anilines is 6. The molecule has 334 valence electrons. The van der Waals surface area contributed by atoms with E-state index in [4.69, 9.17) is 0 Å². The van der Waals surface area contributed by atoms with Crippen LogP contribution in [-0.4, -0.2) is 11.3 Å². The average molecular weight is 906 g/mol. The SMILES string of the molecule is C=Cc1c(/C=C\C)n(-c2cc3c4c(c2)N(c2c(-c5ccccc5)cccc2-c2ccccc2)c2ccccc2B4c2ccccc2N3c2c(-c3ccccc3)cccc2-c2ccccc2)c2ccccc12. The lowest BCUT2D eigenvalue weighted by atomic mass is 9.33. The van der Waals surface area contributed by atoms with Gasteiger partial charge in [0, 0.05) is 56.0 Å². The molecule has 0 saturated carbocycles. The van der Waals surface area contributed by atoms with E-state index in [-0.39, 0.29) is 6.71 Å². The Hall–Kier alpha value is -9.12. The van der Waals surface area contributed by atoms with Crippen LogP contribution in [0.15, 0.2) is 255 Å². The molecule has 0 unspecified atom stereocenters. The van der Waals surface area contributed by atoms with Crippen LogP contribution in [0, 0.1) is 0 Å². The first-order chi connectivity index (χ1) is 35.2. The van der Waals surface area contributed by atoms with E-state index in [2.05, 4.69) is 283 Å².